The summed E-state index contributed by atoms with van der Waals surface area (Å²) in [5.41, 5.74) is 8.78. The maximum absolute atomic E-state index is 6.50. The van der Waals surface area contributed by atoms with Gasteiger partial charge >= 0.3 is 12.5 Å². The minimum Gasteiger partial charge on any atom is -0.424 e. The first-order valence-corrected chi connectivity index (χ1v) is 14.4. The van der Waals surface area contributed by atoms with Crippen LogP contribution in [-0.2, 0) is 12.8 Å². The van der Waals surface area contributed by atoms with E-state index < -0.39 is 0 Å². The second kappa shape index (κ2) is 8.10. The molecule has 0 saturated carbocycles. The maximum atomic E-state index is 6.50. The van der Waals surface area contributed by atoms with E-state index in [1.807, 2.05) is 9.39 Å². The van der Waals surface area contributed by atoms with Gasteiger partial charge < -0.3 is 9.47 Å². The summed E-state index contributed by atoms with van der Waals surface area (Å²) in [4.78, 5) is 0. The second-order valence-corrected chi connectivity index (χ2v) is 11.4. The molecule has 4 aliphatic rings. The molecule has 2 atom stereocenters. The van der Waals surface area contributed by atoms with Gasteiger partial charge in [0.25, 0.3) is 11.4 Å². The molecule has 6 heteroatoms. The largest absolute Gasteiger partial charge is 0.424 e. The summed E-state index contributed by atoms with van der Waals surface area (Å²) in [7, 11) is 0. The molecule has 0 spiro atoms. The highest BCUT2D eigenvalue weighted by Crippen LogP contribution is 2.48. The lowest BCUT2D eigenvalue weighted by molar-refractivity contribution is -0.570. The van der Waals surface area contributed by atoms with Crippen molar-refractivity contribution in [1.29, 1.82) is 0 Å². The quantitative estimate of drug-likeness (QED) is 0.194. The Hall–Kier alpha value is -5.36. The van der Waals surface area contributed by atoms with Crippen molar-refractivity contribution in [2.24, 2.45) is 10.2 Å². The van der Waals surface area contributed by atoms with Crippen molar-refractivity contribution < 1.29 is 18.9 Å². The Balaban J connectivity index is 0.982. The number of hydrogen-bond donors (Lipinski definition) is 0. The molecule has 42 heavy (non-hydrogen) atoms. The smallest absolute Gasteiger partial charge is 0.331 e. The van der Waals surface area contributed by atoms with Crippen LogP contribution in [0.25, 0.3) is 32.7 Å². The van der Waals surface area contributed by atoms with Crippen LogP contribution in [0.2, 0.25) is 0 Å². The van der Waals surface area contributed by atoms with Crippen LogP contribution in [-0.4, -0.2) is 21.9 Å². The first-order chi connectivity index (χ1) is 20.8. The van der Waals surface area contributed by atoms with Gasteiger partial charge in [-0.15, -0.1) is 0 Å². The van der Waals surface area contributed by atoms with E-state index in [-0.39, 0.29) is 12.5 Å². The zero-order valence-electron chi connectivity index (χ0n) is 22.6. The van der Waals surface area contributed by atoms with Gasteiger partial charge in [-0.05, 0) is 78.8 Å². The molecule has 2 unspecified atom stereocenters. The normalized spacial score (nSPS) is 19.0. The van der Waals surface area contributed by atoms with Crippen LogP contribution in [0.1, 0.15) is 11.1 Å². The van der Waals surface area contributed by atoms with Crippen LogP contribution in [0.15, 0.2) is 119 Å². The molecular formula is C36H24N4O2+2. The summed E-state index contributed by atoms with van der Waals surface area (Å²) < 4.78 is 17.1. The number of rotatable bonds is 1. The van der Waals surface area contributed by atoms with E-state index in [4.69, 9.17) is 19.7 Å². The van der Waals surface area contributed by atoms with E-state index in [2.05, 4.69) is 109 Å². The van der Waals surface area contributed by atoms with Crippen LogP contribution in [0.5, 0.6) is 11.5 Å². The molecule has 0 radical (unpaired) electrons. The van der Waals surface area contributed by atoms with Gasteiger partial charge in [0, 0.05) is 33.1 Å². The van der Waals surface area contributed by atoms with Crippen molar-refractivity contribution in [2.45, 2.75) is 25.3 Å². The van der Waals surface area contributed by atoms with Crippen molar-refractivity contribution >= 4 is 44.3 Å². The van der Waals surface area contributed by atoms with E-state index in [1.54, 1.807) is 0 Å². The van der Waals surface area contributed by atoms with Gasteiger partial charge in [-0.25, -0.2) is 0 Å². The van der Waals surface area contributed by atoms with E-state index in [1.165, 1.54) is 33.0 Å². The summed E-state index contributed by atoms with van der Waals surface area (Å²) in [6.07, 6.45) is 1.26. The van der Waals surface area contributed by atoms with Gasteiger partial charge in [-0.2, -0.15) is 0 Å². The Morgan fingerprint density at radius 1 is 0.524 bits per heavy atom. The molecule has 4 aliphatic heterocycles. The fraction of sp³-hybridized carbons (Fsp3) is 0.111. The number of ether oxygens (including phenoxy) is 2. The number of hydrogen-bond acceptors (Lipinski definition) is 4. The minimum atomic E-state index is -0.140. The molecule has 10 rings (SSSR count). The van der Waals surface area contributed by atoms with Crippen LogP contribution in [0.3, 0.4) is 0 Å². The van der Waals surface area contributed by atoms with Gasteiger partial charge in [0.1, 0.15) is 11.4 Å². The van der Waals surface area contributed by atoms with Crippen LogP contribution in [0, 0.1) is 0 Å². The topological polar surface area (TPSA) is 49.2 Å². The third kappa shape index (κ3) is 3.09. The molecule has 6 nitrogen and oxygen atoms in total. The summed E-state index contributed by atoms with van der Waals surface area (Å²) in [6.45, 7) is 0. The average Bonchev–Trinajstić information content (AvgIpc) is 3.59. The Kier molecular flexibility index (Phi) is 4.31. The number of azo groups is 4. The molecule has 6 aromatic carbocycles. The Morgan fingerprint density at radius 3 is 1.50 bits per heavy atom. The van der Waals surface area contributed by atoms with E-state index in [9.17, 15) is 0 Å². The highest BCUT2D eigenvalue weighted by molar-refractivity contribution is 5.93. The zero-order valence-corrected chi connectivity index (χ0v) is 22.6. The molecule has 0 aromatic heterocycles. The molecule has 6 aromatic rings. The lowest BCUT2D eigenvalue weighted by Crippen LogP contribution is -2.27. The third-order valence-electron chi connectivity index (χ3n) is 8.98. The SMILES string of the molecule is c1ccc2c3c(ccc2c1)[N+]1=Nc2ccc(-c4ccc5c(c4)CC4Oc6c(ccc7ccccc67)[N+]4=N5)cc2CC1O3. The van der Waals surface area contributed by atoms with Gasteiger partial charge in [0.05, 0.1) is 12.8 Å². The monoisotopic (exact) mass is 544 g/mol. The van der Waals surface area contributed by atoms with Crippen molar-refractivity contribution in [1.82, 2.24) is 0 Å². The predicted octanol–water partition coefficient (Wildman–Crippen LogP) is 9.06. The minimum absolute atomic E-state index is 0.140. The lowest BCUT2D eigenvalue weighted by atomic mass is 9.96. The molecule has 0 saturated heterocycles. The predicted molar refractivity (Wildman–Crippen MR) is 160 cm³/mol. The van der Waals surface area contributed by atoms with E-state index in [0.29, 0.717) is 0 Å². The standard InChI is InChI=1S/C36H24N4O2/c1-3-7-27-21(5-1)11-15-31-35(27)41-33-19-25-17-23(9-13-29(25)37-39(31)33)24-10-14-30-26(18-24)20-34-40(38-30)32-16-12-22-6-2-4-8-28(22)36(32)42-34/h1-18,33-34H,19-20H2/q+2. The molecule has 0 bridgehead atoms. The van der Waals surface area contributed by atoms with E-state index in [0.717, 1.165) is 57.9 Å². The van der Waals surface area contributed by atoms with Crippen molar-refractivity contribution in [3.63, 3.8) is 0 Å². The summed E-state index contributed by atoms with van der Waals surface area (Å²) in [5, 5.41) is 14.6. The fourth-order valence-corrected chi connectivity index (χ4v) is 6.91. The van der Waals surface area contributed by atoms with Gasteiger partial charge in [-0.3, -0.25) is 0 Å². The molecule has 0 N–H and O–H groups in total. The van der Waals surface area contributed by atoms with Crippen molar-refractivity contribution in [3.8, 4) is 22.6 Å². The third-order valence-corrected chi connectivity index (χ3v) is 8.98. The number of benzene rings is 6. The van der Waals surface area contributed by atoms with Gasteiger partial charge in [0.2, 0.25) is 11.5 Å². The molecular weight excluding hydrogens is 520 g/mol. The number of fused-ring (bicyclic) bond motifs is 12. The lowest BCUT2D eigenvalue weighted by Gasteiger charge is -2.16. The van der Waals surface area contributed by atoms with Crippen molar-refractivity contribution in [3.05, 3.63) is 120 Å². The fourth-order valence-electron chi connectivity index (χ4n) is 6.91. The van der Waals surface area contributed by atoms with Gasteiger partial charge in [0.15, 0.2) is 0 Å². The van der Waals surface area contributed by atoms with Crippen LogP contribution >= 0.6 is 0 Å². The summed E-state index contributed by atoms with van der Waals surface area (Å²) in [6, 6.07) is 38.4. The maximum Gasteiger partial charge on any atom is 0.331 e. The molecule has 4 heterocycles. The average molecular weight is 545 g/mol. The number of nitrogens with zero attached hydrogens (tertiary/aromatic N) is 4. The van der Waals surface area contributed by atoms with Crippen LogP contribution in [0.4, 0.5) is 22.7 Å². The molecule has 0 fully saturated rings. The zero-order chi connectivity index (χ0) is 27.4. The molecule has 0 amide bonds. The summed E-state index contributed by atoms with van der Waals surface area (Å²) >= 11 is 0. The molecule has 0 aliphatic carbocycles. The first kappa shape index (κ1) is 22.3. The second-order valence-electron chi connectivity index (χ2n) is 11.4. The van der Waals surface area contributed by atoms with Crippen molar-refractivity contribution in [2.75, 3.05) is 0 Å². The molecule has 198 valence electrons. The highest BCUT2D eigenvalue weighted by atomic mass is 16.5. The van der Waals surface area contributed by atoms with Gasteiger partial charge in [-0.1, -0.05) is 60.7 Å². The first-order valence-electron chi connectivity index (χ1n) is 14.4. The Bertz CT molecular complexity index is 2080. The Labute approximate surface area is 241 Å². The van der Waals surface area contributed by atoms with E-state index >= 15 is 0 Å². The highest BCUT2D eigenvalue weighted by Gasteiger charge is 2.44. The Morgan fingerprint density at radius 2 is 1.00 bits per heavy atom. The summed E-state index contributed by atoms with van der Waals surface area (Å²) in [5.74, 6) is 1.85. The van der Waals surface area contributed by atoms with Crippen LogP contribution < -0.4 is 9.47 Å².